The molecule has 4 heteroatoms. The highest BCUT2D eigenvalue weighted by atomic mass is 16.4. The molecule has 0 fully saturated rings. The molecule has 0 spiro atoms. The summed E-state index contributed by atoms with van der Waals surface area (Å²) in [4.78, 5) is 10.8. The molecule has 2 rings (SSSR count). The lowest BCUT2D eigenvalue weighted by Gasteiger charge is -2.17. The lowest BCUT2D eigenvalue weighted by atomic mass is 9.96. The Hall–Kier alpha value is -1.91. The summed E-state index contributed by atoms with van der Waals surface area (Å²) < 4.78 is 0. The van der Waals surface area contributed by atoms with Gasteiger partial charge in [-0.2, -0.15) is 0 Å². The fourth-order valence-electron chi connectivity index (χ4n) is 1.84. The minimum Gasteiger partial charge on any atom is -0.480 e. The average Bonchev–Trinajstić information content (AvgIpc) is 2.36. The van der Waals surface area contributed by atoms with Gasteiger partial charge in [0.2, 0.25) is 0 Å². The Morgan fingerprint density at radius 2 is 1.76 bits per heavy atom. The maximum absolute atomic E-state index is 10.8. The third-order valence-corrected chi connectivity index (χ3v) is 2.77. The molecule has 17 heavy (non-hydrogen) atoms. The topological polar surface area (TPSA) is 83.6 Å². The van der Waals surface area contributed by atoms with E-state index in [1.807, 2.05) is 30.3 Å². The third kappa shape index (κ3) is 2.13. The summed E-state index contributed by atoms with van der Waals surface area (Å²) in [7, 11) is 0. The van der Waals surface area contributed by atoms with Gasteiger partial charge in [0, 0.05) is 0 Å². The van der Waals surface area contributed by atoms with Crippen LogP contribution in [-0.2, 0) is 4.79 Å². The fourth-order valence-corrected chi connectivity index (χ4v) is 1.84. The van der Waals surface area contributed by atoms with Gasteiger partial charge in [-0.3, -0.25) is 4.79 Å². The van der Waals surface area contributed by atoms with E-state index in [9.17, 15) is 9.90 Å². The zero-order chi connectivity index (χ0) is 12.4. The number of benzene rings is 2. The quantitative estimate of drug-likeness (QED) is 0.743. The van der Waals surface area contributed by atoms with E-state index in [-0.39, 0.29) is 0 Å². The number of aliphatic hydroxyl groups excluding tert-OH is 1. The Kier molecular flexibility index (Phi) is 3.08. The van der Waals surface area contributed by atoms with Crippen LogP contribution in [0.1, 0.15) is 11.7 Å². The predicted octanol–water partition coefficient (Wildman–Crippen LogP) is 1.29. The highest BCUT2D eigenvalue weighted by molar-refractivity contribution is 5.87. The first-order valence-corrected chi connectivity index (χ1v) is 5.25. The van der Waals surface area contributed by atoms with Gasteiger partial charge >= 0.3 is 5.97 Å². The van der Waals surface area contributed by atoms with Crippen molar-refractivity contribution in [1.29, 1.82) is 0 Å². The number of hydrogen-bond acceptors (Lipinski definition) is 3. The van der Waals surface area contributed by atoms with E-state index in [0.717, 1.165) is 10.8 Å². The molecule has 0 aliphatic carbocycles. The molecule has 2 aromatic carbocycles. The van der Waals surface area contributed by atoms with Crippen molar-refractivity contribution >= 4 is 16.7 Å². The number of aliphatic hydroxyl groups is 1. The van der Waals surface area contributed by atoms with Crippen molar-refractivity contribution in [2.45, 2.75) is 12.1 Å². The third-order valence-electron chi connectivity index (χ3n) is 2.77. The molecule has 0 heterocycles. The zero-order valence-corrected chi connectivity index (χ0v) is 9.08. The molecule has 2 atom stereocenters. The lowest BCUT2D eigenvalue weighted by molar-refractivity contribution is -0.141. The van der Waals surface area contributed by atoms with E-state index in [1.165, 1.54) is 0 Å². The van der Waals surface area contributed by atoms with Crippen LogP contribution in [-0.4, -0.2) is 22.2 Å². The summed E-state index contributed by atoms with van der Waals surface area (Å²) in [5.41, 5.74) is 5.97. The first-order chi connectivity index (χ1) is 8.11. The van der Waals surface area contributed by atoms with Crippen LogP contribution in [0, 0.1) is 0 Å². The van der Waals surface area contributed by atoms with Gasteiger partial charge in [0.1, 0.15) is 12.1 Å². The number of carbonyl (C=O) groups is 1. The van der Waals surface area contributed by atoms with Crippen LogP contribution in [0.25, 0.3) is 10.8 Å². The van der Waals surface area contributed by atoms with Crippen LogP contribution in [0.4, 0.5) is 0 Å². The molecule has 88 valence electrons. The maximum Gasteiger partial charge on any atom is 0.323 e. The monoisotopic (exact) mass is 231 g/mol. The number of nitrogens with two attached hydrogens (primary N) is 1. The lowest BCUT2D eigenvalue weighted by Crippen LogP contribution is -2.36. The van der Waals surface area contributed by atoms with Crippen LogP contribution >= 0.6 is 0 Å². The van der Waals surface area contributed by atoms with Gasteiger partial charge < -0.3 is 15.9 Å². The Balaban J connectivity index is 2.52. The molecule has 0 radical (unpaired) electrons. The van der Waals surface area contributed by atoms with E-state index in [2.05, 4.69) is 0 Å². The molecule has 2 aromatic rings. The van der Waals surface area contributed by atoms with Gasteiger partial charge in [0.05, 0.1) is 0 Å². The number of rotatable bonds is 3. The average molecular weight is 231 g/mol. The Labute approximate surface area is 98.3 Å². The van der Waals surface area contributed by atoms with E-state index in [4.69, 9.17) is 10.8 Å². The van der Waals surface area contributed by atoms with Crippen LogP contribution in [0.3, 0.4) is 0 Å². The Morgan fingerprint density at radius 3 is 2.47 bits per heavy atom. The predicted molar refractivity (Wildman–Crippen MR) is 64.5 cm³/mol. The van der Waals surface area contributed by atoms with Gasteiger partial charge in [-0.15, -0.1) is 0 Å². The first-order valence-electron chi connectivity index (χ1n) is 5.25. The molecule has 0 aromatic heterocycles. The molecule has 4 nitrogen and oxygen atoms in total. The second-order valence-corrected chi connectivity index (χ2v) is 3.88. The van der Waals surface area contributed by atoms with Crippen LogP contribution in [0.15, 0.2) is 42.5 Å². The number of carboxylic acids is 1. The molecular weight excluding hydrogens is 218 g/mol. The second kappa shape index (κ2) is 4.53. The SMILES string of the molecule is NC(C(=O)O)C(O)c1cccc2ccccc12. The van der Waals surface area contributed by atoms with Crippen molar-refractivity contribution in [3.8, 4) is 0 Å². The molecule has 0 amide bonds. The standard InChI is InChI=1S/C13H13NO3/c14-11(13(16)17)12(15)10-7-3-5-8-4-1-2-6-9(8)10/h1-7,11-12,15H,14H2,(H,16,17). The first kappa shape index (κ1) is 11.6. The number of fused-ring (bicyclic) bond motifs is 1. The van der Waals surface area contributed by atoms with Crippen molar-refractivity contribution in [2.24, 2.45) is 5.73 Å². The zero-order valence-electron chi connectivity index (χ0n) is 9.08. The molecule has 4 N–H and O–H groups in total. The summed E-state index contributed by atoms with van der Waals surface area (Å²) in [6, 6.07) is 11.5. The van der Waals surface area contributed by atoms with E-state index in [1.54, 1.807) is 12.1 Å². The van der Waals surface area contributed by atoms with Crippen LogP contribution in [0.2, 0.25) is 0 Å². The molecule has 0 aliphatic heterocycles. The number of hydrogen-bond donors (Lipinski definition) is 3. The number of carboxylic acid groups (broad SMARTS) is 1. The Bertz CT molecular complexity index is 548. The second-order valence-electron chi connectivity index (χ2n) is 3.88. The molecule has 0 saturated carbocycles. The smallest absolute Gasteiger partial charge is 0.323 e. The highest BCUT2D eigenvalue weighted by Crippen LogP contribution is 2.25. The van der Waals surface area contributed by atoms with Crippen LogP contribution < -0.4 is 5.73 Å². The fraction of sp³-hybridized carbons (Fsp3) is 0.154. The van der Waals surface area contributed by atoms with Crippen molar-refractivity contribution in [2.75, 3.05) is 0 Å². The molecule has 0 bridgehead atoms. The maximum atomic E-state index is 10.8. The van der Waals surface area contributed by atoms with E-state index >= 15 is 0 Å². The molecule has 2 unspecified atom stereocenters. The number of aliphatic carboxylic acids is 1. The summed E-state index contributed by atoms with van der Waals surface area (Å²) in [5, 5.41) is 20.5. The summed E-state index contributed by atoms with van der Waals surface area (Å²) in [6.45, 7) is 0. The highest BCUT2D eigenvalue weighted by Gasteiger charge is 2.24. The van der Waals surface area contributed by atoms with Gasteiger partial charge in [0.15, 0.2) is 0 Å². The molecule has 0 aliphatic rings. The largest absolute Gasteiger partial charge is 0.480 e. The van der Waals surface area contributed by atoms with Crippen molar-refractivity contribution in [3.63, 3.8) is 0 Å². The van der Waals surface area contributed by atoms with Crippen LogP contribution in [0.5, 0.6) is 0 Å². The summed E-state index contributed by atoms with van der Waals surface area (Å²) in [6.07, 6.45) is -1.21. The summed E-state index contributed by atoms with van der Waals surface area (Å²) in [5.74, 6) is -1.22. The molecule has 0 saturated heterocycles. The minimum absolute atomic E-state index is 0.540. The van der Waals surface area contributed by atoms with E-state index in [0.29, 0.717) is 5.56 Å². The van der Waals surface area contributed by atoms with Gasteiger partial charge in [0.25, 0.3) is 0 Å². The van der Waals surface area contributed by atoms with Crippen molar-refractivity contribution in [3.05, 3.63) is 48.0 Å². The van der Waals surface area contributed by atoms with E-state index < -0.39 is 18.1 Å². The van der Waals surface area contributed by atoms with Gasteiger partial charge in [-0.25, -0.2) is 0 Å². The Morgan fingerprint density at radius 1 is 1.12 bits per heavy atom. The summed E-state index contributed by atoms with van der Waals surface area (Å²) >= 11 is 0. The van der Waals surface area contributed by atoms with Crippen molar-refractivity contribution in [1.82, 2.24) is 0 Å². The van der Waals surface area contributed by atoms with Gasteiger partial charge in [-0.05, 0) is 16.3 Å². The van der Waals surface area contributed by atoms with Crippen molar-refractivity contribution < 1.29 is 15.0 Å². The minimum atomic E-state index is -1.32. The normalized spacial score (nSPS) is 14.5. The van der Waals surface area contributed by atoms with Gasteiger partial charge in [-0.1, -0.05) is 42.5 Å². The molecular formula is C13H13NO3.